The van der Waals surface area contributed by atoms with Gasteiger partial charge in [-0.25, -0.2) is 4.39 Å². The molecule has 1 rings (SSSR count). The molecule has 0 aliphatic heterocycles. The molecule has 106 valence electrons. The molecular formula is C15H34FN. The van der Waals surface area contributed by atoms with Crippen LogP contribution < -0.4 is 0 Å². The first-order valence-electron chi connectivity index (χ1n) is 7.47. The van der Waals surface area contributed by atoms with Crippen LogP contribution in [0.25, 0.3) is 0 Å². The van der Waals surface area contributed by atoms with E-state index >= 15 is 0 Å². The molecule has 1 fully saturated rings. The van der Waals surface area contributed by atoms with E-state index in [0.29, 0.717) is 6.54 Å². The normalized spacial score (nSPS) is 23.3. The molecule has 0 bridgehead atoms. The van der Waals surface area contributed by atoms with Crippen LogP contribution in [0.5, 0.6) is 0 Å². The maximum Gasteiger partial charge on any atom is 0.102 e. The minimum Gasteiger partial charge on any atom is -0.303 e. The van der Waals surface area contributed by atoms with Gasteiger partial charge in [-0.15, -0.1) is 0 Å². The number of nitrogens with zero attached hydrogens (tertiary/aromatic N) is 1. The van der Waals surface area contributed by atoms with Gasteiger partial charge in [0, 0.05) is 13.1 Å². The van der Waals surface area contributed by atoms with Crippen LogP contribution in [0.1, 0.15) is 60.3 Å². The maximum atomic E-state index is 12.0. The molecule has 1 aliphatic rings. The quantitative estimate of drug-likeness (QED) is 0.692. The highest BCUT2D eigenvalue weighted by atomic mass is 19.1. The Balaban J connectivity index is 0. The van der Waals surface area contributed by atoms with Crippen LogP contribution in [0.3, 0.4) is 0 Å². The molecule has 0 unspecified atom stereocenters. The van der Waals surface area contributed by atoms with Gasteiger partial charge in [0.2, 0.25) is 0 Å². The Labute approximate surface area is 109 Å². The van der Waals surface area contributed by atoms with Gasteiger partial charge in [0.1, 0.15) is 6.67 Å². The van der Waals surface area contributed by atoms with Crippen LogP contribution in [0.2, 0.25) is 0 Å². The van der Waals surface area contributed by atoms with Crippen molar-refractivity contribution in [3.63, 3.8) is 0 Å². The third kappa shape index (κ3) is 10.7. The lowest BCUT2D eigenvalue weighted by Gasteiger charge is -2.29. The van der Waals surface area contributed by atoms with Crippen molar-refractivity contribution in [3.05, 3.63) is 0 Å². The zero-order valence-electron chi connectivity index (χ0n) is 12.9. The minimum absolute atomic E-state index is 0.209. The Morgan fingerprint density at radius 3 is 1.88 bits per heavy atom. The Morgan fingerprint density at radius 1 is 1.00 bits per heavy atom. The monoisotopic (exact) mass is 247 g/mol. The van der Waals surface area contributed by atoms with Gasteiger partial charge < -0.3 is 4.90 Å². The summed E-state index contributed by atoms with van der Waals surface area (Å²) in [6, 6.07) is 0. The first-order valence-corrected chi connectivity index (χ1v) is 7.47. The van der Waals surface area contributed by atoms with Gasteiger partial charge in [0.15, 0.2) is 0 Å². The van der Waals surface area contributed by atoms with Gasteiger partial charge in [-0.1, -0.05) is 47.5 Å². The van der Waals surface area contributed by atoms with Crippen molar-refractivity contribution < 1.29 is 4.39 Å². The average Bonchev–Trinajstić information content (AvgIpc) is 2.37. The first kappa shape index (κ1) is 19.2. The second-order valence-corrected chi connectivity index (χ2v) is 4.58. The highest BCUT2D eigenvalue weighted by molar-refractivity contribution is 4.72. The Morgan fingerprint density at radius 2 is 1.47 bits per heavy atom. The topological polar surface area (TPSA) is 3.24 Å². The van der Waals surface area contributed by atoms with Gasteiger partial charge >= 0.3 is 0 Å². The molecule has 0 N–H and O–H groups in total. The van der Waals surface area contributed by atoms with E-state index in [4.69, 9.17) is 0 Å². The average molecular weight is 247 g/mol. The van der Waals surface area contributed by atoms with E-state index < -0.39 is 0 Å². The summed E-state index contributed by atoms with van der Waals surface area (Å²) in [6.45, 7) is 11.8. The van der Waals surface area contributed by atoms with Gasteiger partial charge in [0.05, 0.1) is 0 Å². The SMILES string of the molecule is CC.CC.CC1CCC(CN(C)CCF)CC1. The smallest absolute Gasteiger partial charge is 0.102 e. The zero-order valence-corrected chi connectivity index (χ0v) is 12.9. The molecule has 0 heterocycles. The van der Waals surface area contributed by atoms with Gasteiger partial charge in [-0.3, -0.25) is 0 Å². The fraction of sp³-hybridized carbons (Fsp3) is 1.00. The van der Waals surface area contributed by atoms with Crippen molar-refractivity contribution in [2.45, 2.75) is 60.3 Å². The lowest BCUT2D eigenvalue weighted by Crippen LogP contribution is -2.29. The highest BCUT2D eigenvalue weighted by Gasteiger charge is 2.18. The second-order valence-electron chi connectivity index (χ2n) is 4.58. The van der Waals surface area contributed by atoms with E-state index in [2.05, 4.69) is 11.8 Å². The fourth-order valence-corrected chi connectivity index (χ4v) is 2.19. The minimum atomic E-state index is -0.209. The molecule has 0 spiro atoms. The molecular weight excluding hydrogens is 213 g/mol. The molecule has 0 saturated heterocycles. The molecule has 1 saturated carbocycles. The van der Waals surface area contributed by atoms with E-state index in [1.807, 2.05) is 34.7 Å². The number of hydrogen-bond acceptors (Lipinski definition) is 1. The molecule has 0 amide bonds. The lowest BCUT2D eigenvalue weighted by molar-refractivity contribution is 0.200. The van der Waals surface area contributed by atoms with Crippen molar-refractivity contribution in [2.75, 3.05) is 26.8 Å². The summed E-state index contributed by atoms with van der Waals surface area (Å²) in [6.07, 6.45) is 5.43. The zero-order chi connectivity index (χ0) is 13.7. The summed E-state index contributed by atoms with van der Waals surface area (Å²) in [7, 11) is 2.03. The number of alkyl halides is 1. The van der Waals surface area contributed by atoms with Crippen LogP contribution in [0, 0.1) is 11.8 Å². The van der Waals surface area contributed by atoms with E-state index in [-0.39, 0.29) is 6.67 Å². The summed E-state index contributed by atoms with van der Waals surface area (Å²) < 4.78 is 12.0. The van der Waals surface area contributed by atoms with Crippen molar-refractivity contribution >= 4 is 0 Å². The van der Waals surface area contributed by atoms with Gasteiger partial charge in [-0.2, -0.15) is 0 Å². The first-order chi connectivity index (χ1) is 8.22. The van der Waals surface area contributed by atoms with Crippen LogP contribution in [-0.4, -0.2) is 31.7 Å². The van der Waals surface area contributed by atoms with Crippen molar-refractivity contribution in [1.29, 1.82) is 0 Å². The number of halogens is 1. The molecule has 0 radical (unpaired) electrons. The lowest BCUT2D eigenvalue weighted by atomic mass is 9.83. The molecule has 0 aromatic carbocycles. The van der Waals surface area contributed by atoms with Crippen molar-refractivity contribution in [1.82, 2.24) is 4.90 Å². The third-order valence-electron chi connectivity index (χ3n) is 3.17. The number of hydrogen-bond donors (Lipinski definition) is 0. The Hall–Kier alpha value is -0.110. The molecule has 2 heteroatoms. The summed E-state index contributed by atoms with van der Waals surface area (Å²) in [5.41, 5.74) is 0. The van der Waals surface area contributed by atoms with Crippen LogP contribution >= 0.6 is 0 Å². The van der Waals surface area contributed by atoms with Crippen LogP contribution in [-0.2, 0) is 0 Å². The van der Waals surface area contributed by atoms with Crippen LogP contribution in [0.4, 0.5) is 4.39 Å². The maximum absolute atomic E-state index is 12.0. The molecule has 0 atom stereocenters. The van der Waals surface area contributed by atoms with Crippen LogP contribution in [0.15, 0.2) is 0 Å². The van der Waals surface area contributed by atoms with Gasteiger partial charge in [-0.05, 0) is 31.7 Å². The van der Waals surface area contributed by atoms with E-state index in [1.165, 1.54) is 25.7 Å². The number of rotatable bonds is 4. The molecule has 0 aromatic rings. The van der Waals surface area contributed by atoms with Crippen molar-refractivity contribution in [2.24, 2.45) is 11.8 Å². The second kappa shape index (κ2) is 14.0. The predicted molar refractivity (Wildman–Crippen MR) is 77.3 cm³/mol. The molecule has 0 aromatic heterocycles. The summed E-state index contributed by atoms with van der Waals surface area (Å²) in [5.74, 6) is 1.75. The molecule has 17 heavy (non-hydrogen) atoms. The molecule has 1 nitrogen and oxygen atoms in total. The highest BCUT2D eigenvalue weighted by Crippen LogP contribution is 2.28. The predicted octanol–water partition coefficient (Wildman–Crippen LogP) is 4.77. The van der Waals surface area contributed by atoms with E-state index in [9.17, 15) is 4.39 Å². The van der Waals surface area contributed by atoms with Crippen molar-refractivity contribution in [3.8, 4) is 0 Å². The van der Waals surface area contributed by atoms with E-state index in [1.54, 1.807) is 0 Å². The summed E-state index contributed by atoms with van der Waals surface area (Å²) in [5, 5.41) is 0. The third-order valence-corrected chi connectivity index (χ3v) is 3.17. The standard InChI is InChI=1S/C11H22FN.2C2H6/c1-10-3-5-11(6-4-10)9-13(2)8-7-12;2*1-2/h10-11H,3-9H2,1-2H3;2*1-2H3. The van der Waals surface area contributed by atoms with Gasteiger partial charge in [0.25, 0.3) is 0 Å². The Kier molecular flexibility index (Phi) is 15.8. The summed E-state index contributed by atoms with van der Waals surface area (Å²) in [4.78, 5) is 2.13. The Bertz CT molecular complexity index is 131. The summed E-state index contributed by atoms with van der Waals surface area (Å²) >= 11 is 0. The largest absolute Gasteiger partial charge is 0.303 e. The van der Waals surface area contributed by atoms with E-state index in [0.717, 1.165) is 18.4 Å². The molecule has 1 aliphatic carbocycles. The fourth-order valence-electron chi connectivity index (χ4n) is 2.19.